The van der Waals surface area contributed by atoms with Gasteiger partial charge < -0.3 is 9.47 Å². The molecule has 0 aliphatic rings. The third kappa shape index (κ3) is 5.23. The van der Waals surface area contributed by atoms with E-state index in [0.717, 1.165) is 24.3 Å². The zero-order chi connectivity index (χ0) is 21.7. The molecule has 3 aromatic rings. The molecule has 1 aromatic heterocycles. The van der Waals surface area contributed by atoms with Crippen molar-refractivity contribution in [1.29, 1.82) is 0 Å². The fourth-order valence-corrected chi connectivity index (χ4v) is 2.29. The minimum absolute atomic E-state index is 0.0787. The van der Waals surface area contributed by atoms with Gasteiger partial charge >= 0.3 is 6.36 Å². The average Bonchev–Trinajstić information content (AvgIpc) is 3.15. The van der Waals surface area contributed by atoms with Crippen molar-refractivity contribution in [1.82, 2.24) is 14.8 Å². The Balaban J connectivity index is 1.64. The number of hydrogen-bond acceptors (Lipinski definition) is 5. The lowest BCUT2D eigenvalue weighted by Crippen LogP contribution is -2.17. The minimum Gasteiger partial charge on any atom is -0.485 e. The lowest BCUT2D eigenvalue weighted by atomic mass is 10.2. The predicted molar refractivity (Wildman–Crippen MR) is 92.3 cm³/mol. The van der Waals surface area contributed by atoms with Crippen molar-refractivity contribution in [3.63, 3.8) is 0 Å². The second-order valence-corrected chi connectivity index (χ2v) is 5.57. The Morgan fingerprint density at radius 3 is 2.50 bits per heavy atom. The summed E-state index contributed by atoms with van der Waals surface area (Å²) in [5.41, 5.74) is 8.24. The number of rotatable bonds is 6. The lowest BCUT2D eigenvalue weighted by Gasteiger charge is -2.09. The van der Waals surface area contributed by atoms with Gasteiger partial charge in [0.25, 0.3) is 5.91 Å². The summed E-state index contributed by atoms with van der Waals surface area (Å²) in [7, 11) is 0. The van der Waals surface area contributed by atoms with E-state index in [-0.39, 0.29) is 23.9 Å². The van der Waals surface area contributed by atoms with Crippen LogP contribution < -0.4 is 9.47 Å². The van der Waals surface area contributed by atoms with Crippen molar-refractivity contribution in [2.75, 3.05) is 0 Å². The molecule has 3 rings (SSSR count). The van der Waals surface area contributed by atoms with Crippen LogP contribution in [-0.4, -0.2) is 27.0 Å². The predicted octanol–water partition coefficient (Wildman–Crippen LogP) is 4.33. The summed E-state index contributed by atoms with van der Waals surface area (Å²) in [5, 5.41) is 6.91. The fraction of sp³-hybridized carbons (Fsp3) is 0.118. The van der Waals surface area contributed by atoms with E-state index in [9.17, 15) is 22.4 Å². The summed E-state index contributed by atoms with van der Waals surface area (Å²) in [6.07, 6.45) is -3.46. The molecule has 30 heavy (non-hydrogen) atoms. The standard InChI is InChI=1S/C17H10F4N6O3/c18-14-7-12(5-6-13(14)16(28)24-26-22)29-8-15-23-9-27(25-15)10-1-3-11(4-2-10)30-17(19,20)21/h1-7,9H,8H2. The summed E-state index contributed by atoms with van der Waals surface area (Å²) in [4.78, 5) is 17.7. The Labute approximate surface area is 165 Å². The van der Waals surface area contributed by atoms with Crippen molar-refractivity contribution in [3.8, 4) is 17.2 Å². The van der Waals surface area contributed by atoms with Crippen LogP contribution in [0.3, 0.4) is 0 Å². The number of benzene rings is 2. The zero-order valence-electron chi connectivity index (χ0n) is 14.7. The van der Waals surface area contributed by atoms with Crippen molar-refractivity contribution in [2.45, 2.75) is 13.0 Å². The van der Waals surface area contributed by atoms with Gasteiger partial charge in [0.1, 0.15) is 30.3 Å². The molecule has 0 unspecified atom stereocenters. The van der Waals surface area contributed by atoms with Gasteiger partial charge in [-0.15, -0.1) is 18.3 Å². The molecule has 154 valence electrons. The number of carbonyl (C=O) groups excluding carboxylic acids is 1. The summed E-state index contributed by atoms with van der Waals surface area (Å²) >= 11 is 0. The highest BCUT2D eigenvalue weighted by atomic mass is 19.4. The summed E-state index contributed by atoms with van der Waals surface area (Å²) in [6.45, 7) is -0.147. The molecule has 0 radical (unpaired) electrons. The van der Waals surface area contributed by atoms with Gasteiger partial charge in [-0.2, -0.15) is 0 Å². The number of hydrogen-bond donors (Lipinski definition) is 0. The van der Waals surface area contributed by atoms with Crippen molar-refractivity contribution < 1.29 is 31.8 Å². The molecule has 2 aromatic carbocycles. The van der Waals surface area contributed by atoms with Gasteiger partial charge in [-0.3, -0.25) is 4.79 Å². The highest BCUT2D eigenvalue weighted by Gasteiger charge is 2.31. The molecule has 13 heteroatoms. The van der Waals surface area contributed by atoms with Gasteiger partial charge in [0.05, 0.1) is 11.3 Å². The number of alkyl halides is 3. The number of azide groups is 1. The number of halogens is 4. The number of nitrogens with zero attached hydrogens (tertiary/aromatic N) is 6. The molecule has 0 N–H and O–H groups in total. The number of carbonyl (C=O) groups is 1. The molecule has 0 fully saturated rings. The molecular weight excluding hydrogens is 412 g/mol. The van der Waals surface area contributed by atoms with Gasteiger partial charge in [-0.05, 0) is 47.0 Å². The Hall–Kier alpha value is -4.12. The van der Waals surface area contributed by atoms with Crippen molar-refractivity contribution in [3.05, 3.63) is 76.4 Å². The summed E-state index contributed by atoms with van der Waals surface area (Å²) < 4.78 is 60.9. The Kier molecular flexibility index (Phi) is 5.83. The van der Waals surface area contributed by atoms with Gasteiger partial charge in [0.2, 0.25) is 0 Å². The molecule has 9 nitrogen and oxygen atoms in total. The quantitative estimate of drug-likeness (QED) is 0.254. The average molecular weight is 422 g/mol. The van der Waals surface area contributed by atoms with Crippen LogP contribution in [0.4, 0.5) is 17.6 Å². The maximum Gasteiger partial charge on any atom is 0.573 e. The second-order valence-electron chi connectivity index (χ2n) is 5.57. The number of aromatic nitrogens is 3. The number of amides is 1. The molecule has 0 aliphatic carbocycles. The third-order valence-corrected chi connectivity index (χ3v) is 3.55. The molecular formula is C17H10F4N6O3. The molecule has 0 bridgehead atoms. The summed E-state index contributed by atoms with van der Waals surface area (Å²) in [6, 6.07) is 8.32. The van der Waals surface area contributed by atoms with Crippen LogP contribution in [-0.2, 0) is 6.61 Å². The van der Waals surface area contributed by atoms with E-state index in [1.54, 1.807) is 0 Å². The van der Waals surface area contributed by atoms with Crippen molar-refractivity contribution in [2.24, 2.45) is 5.11 Å². The first-order valence-corrected chi connectivity index (χ1v) is 8.03. The second kappa shape index (κ2) is 8.49. The lowest BCUT2D eigenvalue weighted by molar-refractivity contribution is -0.274. The monoisotopic (exact) mass is 422 g/mol. The normalized spacial score (nSPS) is 10.9. The van der Waals surface area contributed by atoms with E-state index in [1.807, 2.05) is 0 Å². The first kappa shape index (κ1) is 20.6. The molecule has 1 amide bonds. The van der Waals surface area contributed by atoms with Crippen LogP contribution in [0.5, 0.6) is 11.5 Å². The zero-order valence-corrected chi connectivity index (χ0v) is 14.7. The SMILES string of the molecule is [N-]=[N+]=NC(=O)c1ccc(OCc2ncn(-c3ccc(OC(F)(F)F)cc3)n2)cc1F. The van der Waals surface area contributed by atoms with Crippen LogP contribution in [0.1, 0.15) is 16.2 Å². The summed E-state index contributed by atoms with van der Waals surface area (Å²) in [5.74, 6) is -2.08. The molecule has 0 saturated carbocycles. The smallest absolute Gasteiger partial charge is 0.485 e. The van der Waals surface area contributed by atoms with E-state index in [0.29, 0.717) is 5.69 Å². The first-order valence-electron chi connectivity index (χ1n) is 8.03. The molecule has 0 saturated heterocycles. The van der Waals surface area contributed by atoms with Crippen LogP contribution in [0.2, 0.25) is 0 Å². The maximum atomic E-state index is 13.9. The van der Waals surface area contributed by atoms with E-state index in [1.165, 1.54) is 29.2 Å². The Morgan fingerprint density at radius 2 is 1.87 bits per heavy atom. The van der Waals surface area contributed by atoms with Crippen molar-refractivity contribution >= 4 is 5.91 Å². The van der Waals surface area contributed by atoms with E-state index < -0.39 is 23.7 Å². The van der Waals surface area contributed by atoms with Gasteiger partial charge in [-0.25, -0.2) is 14.1 Å². The molecule has 1 heterocycles. The van der Waals surface area contributed by atoms with Crippen LogP contribution in [0, 0.1) is 5.82 Å². The van der Waals surface area contributed by atoms with Gasteiger partial charge in [0, 0.05) is 11.0 Å². The fourth-order valence-electron chi connectivity index (χ4n) is 2.29. The molecule has 0 aliphatic heterocycles. The largest absolute Gasteiger partial charge is 0.573 e. The van der Waals surface area contributed by atoms with E-state index in [2.05, 4.69) is 24.8 Å². The Morgan fingerprint density at radius 1 is 1.17 bits per heavy atom. The third-order valence-electron chi connectivity index (χ3n) is 3.55. The molecule has 0 spiro atoms. The van der Waals surface area contributed by atoms with Gasteiger partial charge in [0.15, 0.2) is 5.82 Å². The van der Waals surface area contributed by atoms with Crippen LogP contribution >= 0.6 is 0 Å². The Bertz CT molecular complexity index is 1110. The van der Waals surface area contributed by atoms with Crippen LogP contribution in [0.25, 0.3) is 16.1 Å². The highest BCUT2D eigenvalue weighted by molar-refractivity contribution is 5.95. The van der Waals surface area contributed by atoms with Crippen LogP contribution in [0.15, 0.2) is 53.9 Å². The highest BCUT2D eigenvalue weighted by Crippen LogP contribution is 2.23. The minimum atomic E-state index is -4.78. The topological polar surface area (TPSA) is 115 Å². The first-order chi connectivity index (χ1) is 14.2. The molecule has 0 atom stereocenters. The van der Waals surface area contributed by atoms with E-state index >= 15 is 0 Å². The maximum absolute atomic E-state index is 13.9. The van der Waals surface area contributed by atoms with E-state index in [4.69, 9.17) is 10.3 Å². The number of ether oxygens (including phenoxy) is 2. The van der Waals surface area contributed by atoms with Gasteiger partial charge in [-0.1, -0.05) is 0 Å².